The van der Waals surface area contributed by atoms with Gasteiger partial charge in [-0.15, -0.1) is 0 Å². The van der Waals surface area contributed by atoms with Crippen LogP contribution in [0.25, 0.3) is 0 Å². The normalized spacial score (nSPS) is 14.6. The molecular weight excluding hydrogens is 475 g/mol. The molecule has 2 aromatic rings. The van der Waals surface area contributed by atoms with E-state index in [-0.39, 0.29) is 10.8 Å². The highest BCUT2D eigenvalue weighted by Crippen LogP contribution is 2.44. The Morgan fingerprint density at radius 1 is 0.784 bits per heavy atom. The van der Waals surface area contributed by atoms with Gasteiger partial charge in [-0.1, -0.05) is 99.1 Å². The third-order valence-electron chi connectivity index (χ3n) is 7.97. The first-order valence-corrected chi connectivity index (χ1v) is 14.9. The fraction of sp³-hybridized carbons (Fsp3) is 0.515. The molecule has 3 nitrogen and oxygen atoms in total. The van der Waals surface area contributed by atoms with E-state index in [2.05, 4.69) is 92.7 Å². The van der Waals surface area contributed by atoms with Gasteiger partial charge in [0.15, 0.2) is 0 Å². The van der Waals surface area contributed by atoms with E-state index in [4.69, 9.17) is 13.6 Å². The Bertz CT molecular complexity index is 941. The maximum Gasteiger partial charge on any atom is 0.530 e. The topological polar surface area (TPSA) is 27.7 Å². The molecule has 204 valence electrons. The molecule has 0 aliphatic rings. The van der Waals surface area contributed by atoms with Gasteiger partial charge in [0.2, 0.25) is 0 Å². The van der Waals surface area contributed by atoms with Crippen molar-refractivity contribution in [2.24, 2.45) is 11.8 Å². The first-order chi connectivity index (χ1) is 17.4. The van der Waals surface area contributed by atoms with Gasteiger partial charge < -0.3 is 13.6 Å². The van der Waals surface area contributed by atoms with Crippen molar-refractivity contribution in [2.75, 3.05) is 0 Å². The summed E-state index contributed by atoms with van der Waals surface area (Å²) in [6, 6.07) is 16.6. The van der Waals surface area contributed by atoms with E-state index >= 15 is 0 Å². The van der Waals surface area contributed by atoms with E-state index in [9.17, 15) is 0 Å². The van der Waals surface area contributed by atoms with E-state index in [1.807, 2.05) is 43.3 Å². The highest BCUT2D eigenvalue weighted by atomic mass is 31.2. The van der Waals surface area contributed by atoms with Crippen LogP contribution in [0.5, 0.6) is 11.5 Å². The molecule has 0 heterocycles. The van der Waals surface area contributed by atoms with Crippen molar-refractivity contribution < 1.29 is 13.6 Å². The van der Waals surface area contributed by atoms with Gasteiger partial charge in [0.1, 0.15) is 17.3 Å². The third-order valence-corrected chi connectivity index (χ3v) is 9.05. The highest BCUT2D eigenvalue weighted by Gasteiger charge is 2.23. The van der Waals surface area contributed by atoms with Gasteiger partial charge in [0.25, 0.3) is 0 Å². The molecule has 0 saturated carbocycles. The maximum atomic E-state index is 6.30. The minimum absolute atomic E-state index is 0.125. The third kappa shape index (κ3) is 9.22. The van der Waals surface area contributed by atoms with Gasteiger partial charge in [-0.2, -0.15) is 0 Å². The second-order valence-corrected chi connectivity index (χ2v) is 12.3. The molecule has 0 aliphatic carbocycles. The molecule has 37 heavy (non-hydrogen) atoms. The average Bonchev–Trinajstić information content (AvgIpc) is 2.90. The van der Waals surface area contributed by atoms with Gasteiger partial charge in [0, 0.05) is 0 Å². The fourth-order valence-corrected chi connectivity index (χ4v) is 4.68. The largest absolute Gasteiger partial charge is 0.530 e. The van der Waals surface area contributed by atoms with Crippen LogP contribution in [0.2, 0.25) is 0 Å². The molecule has 0 fully saturated rings. The van der Waals surface area contributed by atoms with Gasteiger partial charge >= 0.3 is 8.60 Å². The Labute approximate surface area is 228 Å². The summed E-state index contributed by atoms with van der Waals surface area (Å²) in [4.78, 5) is 0. The van der Waals surface area contributed by atoms with Crippen molar-refractivity contribution in [1.82, 2.24) is 0 Å². The molecule has 0 aliphatic heterocycles. The molecule has 0 aromatic heterocycles. The van der Waals surface area contributed by atoms with Crippen molar-refractivity contribution in [1.29, 1.82) is 0 Å². The van der Waals surface area contributed by atoms with Crippen LogP contribution in [-0.2, 0) is 15.4 Å². The van der Waals surface area contributed by atoms with Crippen LogP contribution >= 0.6 is 8.60 Å². The second kappa shape index (κ2) is 14.1. The molecule has 0 N–H and O–H groups in total. The summed E-state index contributed by atoms with van der Waals surface area (Å²) in [5, 5.41) is 0. The predicted octanol–water partition coefficient (Wildman–Crippen LogP) is 10.9. The summed E-state index contributed by atoms with van der Waals surface area (Å²) in [7, 11) is -1.71. The van der Waals surface area contributed by atoms with Crippen LogP contribution in [0.1, 0.15) is 99.6 Å². The van der Waals surface area contributed by atoms with Crippen LogP contribution in [0, 0.1) is 11.8 Å². The average molecular weight is 525 g/mol. The standard InChI is InChI=1S/C33H49O3P/c1-11-25(5)26(6)15-20-29(12-2)34-37(35-30-21-16-27(17-22-30)32(7,8)13-3)36-31-23-18-28(19-24-31)33(9,10)14-4/h12,15-26H,11,13-14H2,1-10H3/b20-15-,29-12+/t25-,26?/m1/s1. The van der Waals surface area contributed by atoms with Crippen molar-refractivity contribution in [3.05, 3.63) is 83.6 Å². The summed E-state index contributed by atoms with van der Waals surface area (Å²) < 4.78 is 18.9. The zero-order chi connectivity index (χ0) is 27.6. The Balaban J connectivity index is 2.27. The van der Waals surface area contributed by atoms with E-state index in [1.165, 1.54) is 11.1 Å². The number of rotatable bonds is 14. The van der Waals surface area contributed by atoms with Gasteiger partial charge in [-0.05, 0) is 90.0 Å². The van der Waals surface area contributed by atoms with Crippen molar-refractivity contribution in [2.45, 2.75) is 99.3 Å². The zero-order valence-corrected chi connectivity index (χ0v) is 25.7. The van der Waals surface area contributed by atoms with Gasteiger partial charge in [0.05, 0.1) is 0 Å². The summed E-state index contributed by atoms with van der Waals surface area (Å²) in [6.45, 7) is 22.2. The lowest BCUT2D eigenvalue weighted by Crippen LogP contribution is -2.15. The lowest BCUT2D eigenvalue weighted by atomic mass is 9.82. The zero-order valence-electron chi connectivity index (χ0n) is 24.8. The summed E-state index contributed by atoms with van der Waals surface area (Å²) in [5.41, 5.74) is 2.83. The van der Waals surface area contributed by atoms with Gasteiger partial charge in [-0.3, -0.25) is 0 Å². The van der Waals surface area contributed by atoms with E-state index in [0.29, 0.717) is 11.8 Å². The van der Waals surface area contributed by atoms with Crippen LogP contribution in [0.3, 0.4) is 0 Å². The molecule has 1 unspecified atom stereocenters. The first-order valence-electron chi connectivity index (χ1n) is 13.8. The minimum atomic E-state index is -1.71. The number of hydrogen-bond donors (Lipinski definition) is 0. The SMILES string of the molecule is C/C=C(\C=C/C(C)[C@H](C)CC)OP(Oc1ccc(C(C)(C)CC)cc1)Oc1ccc(C(C)(C)CC)cc1. The first kappa shape index (κ1) is 31.0. The Hall–Kier alpha value is -2.25. The lowest BCUT2D eigenvalue weighted by Gasteiger charge is -2.24. The molecule has 4 heteroatoms. The van der Waals surface area contributed by atoms with Crippen molar-refractivity contribution in [3.63, 3.8) is 0 Å². The summed E-state index contributed by atoms with van der Waals surface area (Å²) in [5.74, 6) is 3.28. The molecule has 0 amide bonds. The van der Waals surface area contributed by atoms with Crippen LogP contribution in [0.15, 0.2) is 72.5 Å². The number of allylic oxidation sites excluding steroid dienone is 3. The molecule has 2 rings (SSSR count). The molecule has 2 atom stereocenters. The van der Waals surface area contributed by atoms with Crippen LogP contribution in [-0.4, -0.2) is 0 Å². The number of hydrogen-bond acceptors (Lipinski definition) is 3. The predicted molar refractivity (Wildman–Crippen MR) is 160 cm³/mol. The van der Waals surface area contributed by atoms with Gasteiger partial charge in [-0.25, -0.2) is 0 Å². The van der Waals surface area contributed by atoms with E-state index in [1.54, 1.807) is 0 Å². The molecule has 0 spiro atoms. The fourth-order valence-electron chi connectivity index (χ4n) is 3.64. The van der Waals surface area contributed by atoms with E-state index < -0.39 is 8.60 Å². The van der Waals surface area contributed by atoms with Crippen molar-refractivity contribution in [3.8, 4) is 11.5 Å². The number of benzene rings is 2. The Morgan fingerprint density at radius 3 is 1.57 bits per heavy atom. The highest BCUT2D eigenvalue weighted by molar-refractivity contribution is 7.42. The summed E-state index contributed by atoms with van der Waals surface area (Å²) in [6.07, 6.45) is 9.50. The van der Waals surface area contributed by atoms with Crippen LogP contribution < -0.4 is 9.05 Å². The molecule has 2 aromatic carbocycles. The quantitative estimate of drug-likeness (QED) is 0.140. The molecule has 0 saturated heterocycles. The van der Waals surface area contributed by atoms with Crippen molar-refractivity contribution >= 4 is 8.60 Å². The van der Waals surface area contributed by atoms with Crippen LogP contribution in [0.4, 0.5) is 0 Å². The molecule has 0 bridgehead atoms. The smallest absolute Gasteiger partial charge is 0.409 e. The van der Waals surface area contributed by atoms with E-state index in [0.717, 1.165) is 36.5 Å². The minimum Gasteiger partial charge on any atom is -0.409 e. The Kier molecular flexibility index (Phi) is 11.8. The molecule has 0 radical (unpaired) electrons. The monoisotopic (exact) mass is 524 g/mol. The Morgan fingerprint density at radius 2 is 1.22 bits per heavy atom. The lowest BCUT2D eigenvalue weighted by molar-refractivity contribution is 0.338. The second-order valence-electron chi connectivity index (χ2n) is 11.3. The maximum absolute atomic E-state index is 6.30. The molecular formula is C33H49O3P. The summed E-state index contributed by atoms with van der Waals surface area (Å²) >= 11 is 0.